The number of benzene rings is 1. The highest BCUT2D eigenvalue weighted by molar-refractivity contribution is 7.18. The quantitative estimate of drug-likeness (QED) is 0.881. The fraction of sp³-hybridized carbons (Fsp3) is 0.579. The number of primary amides is 1. The molecule has 0 bridgehead atoms. The second kappa shape index (κ2) is 7.60. The Morgan fingerprint density at radius 3 is 2.50 bits per heavy atom. The summed E-state index contributed by atoms with van der Waals surface area (Å²) in [4.78, 5) is 24.1. The van der Waals surface area contributed by atoms with Crippen molar-refractivity contribution in [2.24, 2.45) is 5.73 Å². The van der Waals surface area contributed by atoms with Gasteiger partial charge in [0.25, 0.3) is 0 Å². The first kappa shape index (κ1) is 17.9. The van der Waals surface area contributed by atoms with Gasteiger partial charge in [-0.1, -0.05) is 12.1 Å². The molecule has 2 aliphatic rings. The molecule has 2 fully saturated rings. The van der Waals surface area contributed by atoms with Crippen LogP contribution in [0, 0.1) is 0 Å². The van der Waals surface area contributed by atoms with Crippen LogP contribution in [0.2, 0.25) is 0 Å². The van der Waals surface area contributed by atoms with Crippen LogP contribution < -0.4 is 5.73 Å². The third kappa shape index (κ3) is 3.62. The van der Waals surface area contributed by atoms with Gasteiger partial charge in [0.05, 0.1) is 10.2 Å². The maximum absolute atomic E-state index is 12.2. The zero-order valence-corrected chi connectivity index (χ0v) is 16.1. The van der Waals surface area contributed by atoms with Crippen molar-refractivity contribution in [3.63, 3.8) is 0 Å². The highest BCUT2D eigenvalue weighted by Crippen LogP contribution is 2.30. The van der Waals surface area contributed by atoms with E-state index in [9.17, 15) is 4.79 Å². The minimum Gasteiger partial charge on any atom is -0.368 e. The van der Waals surface area contributed by atoms with E-state index in [4.69, 9.17) is 5.73 Å². The SMILES string of the molecule is CN1CCC(N2CCN(C(C(N)=O)c3nc4ccccc4s3)CC2)CC1. The van der Waals surface area contributed by atoms with Crippen LogP contribution in [0.4, 0.5) is 0 Å². The summed E-state index contributed by atoms with van der Waals surface area (Å²) in [6.45, 7) is 6.11. The molecule has 140 valence electrons. The number of aromatic nitrogens is 1. The topological polar surface area (TPSA) is 65.7 Å². The highest BCUT2D eigenvalue weighted by atomic mass is 32.1. The van der Waals surface area contributed by atoms with Crippen LogP contribution in [-0.4, -0.2) is 77.9 Å². The zero-order chi connectivity index (χ0) is 18.1. The Morgan fingerprint density at radius 1 is 1.15 bits per heavy atom. The molecule has 2 aliphatic heterocycles. The van der Waals surface area contributed by atoms with Crippen LogP contribution in [-0.2, 0) is 4.79 Å². The number of carbonyl (C=O) groups excluding carboxylic acids is 1. The Kier molecular flexibility index (Phi) is 5.22. The lowest BCUT2D eigenvalue weighted by atomic mass is 10.0. The molecule has 0 aliphatic carbocycles. The van der Waals surface area contributed by atoms with Crippen molar-refractivity contribution in [3.05, 3.63) is 29.3 Å². The van der Waals surface area contributed by atoms with Gasteiger partial charge in [-0.15, -0.1) is 11.3 Å². The number of thiazole rings is 1. The Morgan fingerprint density at radius 2 is 1.85 bits per heavy atom. The summed E-state index contributed by atoms with van der Waals surface area (Å²) in [6.07, 6.45) is 2.49. The van der Waals surface area contributed by atoms with Gasteiger partial charge in [-0.05, 0) is 45.1 Å². The van der Waals surface area contributed by atoms with Crippen LogP contribution in [0.1, 0.15) is 23.9 Å². The second-order valence-corrected chi connectivity index (χ2v) is 8.49. The van der Waals surface area contributed by atoms with E-state index in [1.165, 1.54) is 25.9 Å². The molecule has 2 aromatic rings. The predicted molar refractivity (Wildman–Crippen MR) is 105 cm³/mol. The smallest absolute Gasteiger partial charge is 0.241 e. The summed E-state index contributed by atoms with van der Waals surface area (Å²) in [5, 5.41) is 0.825. The van der Waals surface area contributed by atoms with Crippen molar-refractivity contribution in [1.29, 1.82) is 0 Å². The van der Waals surface area contributed by atoms with Crippen LogP contribution in [0.5, 0.6) is 0 Å². The number of rotatable bonds is 4. The van der Waals surface area contributed by atoms with E-state index in [0.29, 0.717) is 6.04 Å². The average molecular weight is 374 g/mol. The maximum Gasteiger partial charge on any atom is 0.241 e. The molecule has 2 N–H and O–H groups in total. The van der Waals surface area contributed by atoms with E-state index in [1.807, 2.05) is 24.3 Å². The molecule has 6 nitrogen and oxygen atoms in total. The molecule has 0 spiro atoms. The number of hydrogen-bond donors (Lipinski definition) is 1. The molecule has 0 saturated carbocycles. The third-order valence-electron chi connectivity index (χ3n) is 5.73. The molecule has 2 saturated heterocycles. The highest BCUT2D eigenvalue weighted by Gasteiger charge is 2.33. The van der Waals surface area contributed by atoms with Gasteiger partial charge in [0.1, 0.15) is 11.0 Å². The van der Waals surface area contributed by atoms with E-state index < -0.39 is 6.04 Å². The number of fused-ring (bicyclic) bond motifs is 1. The van der Waals surface area contributed by atoms with Gasteiger partial charge < -0.3 is 10.6 Å². The Labute approximate surface area is 158 Å². The maximum atomic E-state index is 12.2. The molecule has 0 radical (unpaired) electrons. The Hall–Kier alpha value is -1.54. The Balaban J connectivity index is 1.44. The molecular formula is C19H27N5OS. The summed E-state index contributed by atoms with van der Waals surface area (Å²) in [7, 11) is 2.20. The first-order valence-electron chi connectivity index (χ1n) is 9.43. The zero-order valence-electron chi connectivity index (χ0n) is 15.3. The molecule has 4 rings (SSSR count). The fourth-order valence-electron chi connectivity index (χ4n) is 4.19. The average Bonchev–Trinajstić information content (AvgIpc) is 3.06. The minimum absolute atomic E-state index is 0.295. The van der Waals surface area contributed by atoms with Gasteiger partial charge >= 0.3 is 0 Å². The lowest BCUT2D eigenvalue weighted by molar-refractivity contribution is -0.124. The molecule has 1 aromatic carbocycles. The fourth-order valence-corrected chi connectivity index (χ4v) is 5.30. The summed E-state index contributed by atoms with van der Waals surface area (Å²) >= 11 is 1.58. The van der Waals surface area contributed by atoms with E-state index in [1.54, 1.807) is 11.3 Å². The predicted octanol–water partition coefficient (Wildman–Crippen LogP) is 1.53. The number of nitrogens with two attached hydrogens (primary N) is 1. The number of piperidine rings is 1. The largest absolute Gasteiger partial charge is 0.368 e. The van der Waals surface area contributed by atoms with Crippen molar-refractivity contribution in [3.8, 4) is 0 Å². The monoisotopic (exact) mass is 373 g/mol. The van der Waals surface area contributed by atoms with Crippen LogP contribution in [0.25, 0.3) is 10.2 Å². The first-order chi connectivity index (χ1) is 12.6. The van der Waals surface area contributed by atoms with Crippen molar-refractivity contribution in [2.45, 2.75) is 24.9 Å². The molecular weight excluding hydrogens is 346 g/mol. The minimum atomic E-state index is -0.410. The summed E-state index contributed by atoms with van der Waals surface area (Å²) in [6, 6.07) is 8.29. The number of hydrogen-bond acceptors (Lipinski definition) is 6. The van der Waals surface area contributed by atoms with Gasteiger partial charge in [0.15, 0.2) is 0 Å². The van der Waals surface area contributed by atoms with Crippen molar-refractivity contribution in [1.82, 2.24) is 19.7 Å². The van der Waals surface area contributed by atoms with Crippen molar-refractivity contribution in [2.75, 3.05) is 46.3 Å². The molecule has 1 unspecified atom stereocenters. The van der Waals surface area contributed by atoms with Gasteiger partial charge in [-0.2, -0.15) is 0 Å². The lowest BCUT2D eigenvalue weighted by Gasteiger charge is -2.43. The third-order valence-corrected chi connectivity index (χ3v) is 6.82. The molecule has 1 amide bonds. The number of piperazine rings is 1. The van der Waals surface area contributed by atoms with Crippen molar-refractivity contribution < 1.29 is 4.79 Å². The first-order valence-corrected chi connectivity index (χ1v) is 10.2. The number of para-hydroxylation sites is 1. The van der Waals surface area contributed by atoms with Gasteiger partial charge in [-0.25, -0.2) is 4.98 Å². The van der Waals surface area contributed by atoms with Gasteiger partial charge in [0.2, 0.25) is 5.91 Å². The van der Waals surface area contributed by atoms with Gasteiger partial charge in [0, 0.05) is 32.2 Å². The summed E-state index contributed by atoms with van der Waals surface area (Å²) in [5.41, 5.74) is 6.73. The van der Waals surface area contributed by atoms with E-state index in [-0.39, 0.29) is 5.91 Å². The molecule has 7 heteroatoms. The summed E-state index contributed by atoms with van der Waals surface area (Å²) < 4.78 is 1.11. The summed E-state index contributed by atoms with van der Waals surface area (Å²) in [5.74, 6) is -0.295. The number of carbonyl (C=O) groups is 1. The number of amides is 1. The Bertz CT molecular complexity index is 729. The normalized spacial score (nSPS) is 22.7. The van der Waals surface area contributed by atoms with Crippen LogP contribution >= 0.6 is 11.3 Å². The van der Waals surface area contributed by atoms with Crippen LogP contribution in [0.15, 0.2) is 24.3 Å². The standard InChI is InChI=1S/C19H27N5OS/c1-22-8-6-14(7-9-22)23-10-12-24(13-11-23)17(18(20)25)19-21-15-4-2-3-5-16(15)26-19/h2-5,14,17H,6-13H2,1H3,(H2,20,25). The molecule has 3 heterocycles. The lowest BCUT2D eigenvalue weighted by Crippen LogP contribution is -2.54. The number of nitrogens with zero attached hydrogens (tertiary/aromatic N) is 4. The van der Waals surface area contributed by atoms with Crippen LogP contribution in [0.3, 0.4) is 0 Å². The van der Waals surface area contributed by atoms with E-state index in [2.05, 4.69) is 26.7 Å². The van der Waals surface area contributed by atoms with Crippen molar-refractivity contribution >= 4 is 27.5 Å². The molecule has 1 aromatic heterocycles. The van der Waals surface area contributed by atoms with E-state index in [0.717, 1.165) is 41.4 Å². The molecule has 1 atom stereocenters. The van der Waals surface area contributed by atoms with E-state index >= 15 is 0 Å². The second-order valence-electron chi connectivity index (χ2n) is 7.43. The number of likely N-dealkylation sites (tertiary alicyclic amines) is 1. The molecule has 26 heavy (non-hydrogen) atoms. The van der Waals surface area contributed by atoms with Gasteiger partial charge in [-0.3, -0.25) is 14.6 Å².